The molecule has 2 aliphatic rings. The highest BCUT2D eigenvalue weighted by Gasteiger charge is 2.35. The minimum atomic E-state index is -0.875. The molecule has 1 saturated carbocycles. The number of ether oxygens (including phenoxy) is 1. The van der Waals surface area contributed by atoms with Crippen molar-refractivity contribution in [3.05, 3.63) is 29.8 Å². The summed E-state index contributed by atoms with van der Waals surface area (Å²) in [6, 6.07) is 7.20. The highest BCUT2D eigenvalue weighted by atomic mass is 16.5. The molecule has 2 fully saturated rings. The first-order valence-electron chi connectivity index (χ1n) is 7.66. The van der Waals surface area contributed by atoms with Crippen LogP contribution in [-0.2, 0) is 9.53 Å². The topological polar surface area (TPSA) is 93.5 Å². The van der Waals surface area contributed by atoms with Gasteiger partial charge in [-0.25, -0.2) is 0 Å². The highest BCUT2D eigenvalue weighted by molar-refractivity contribution is 5.99. The molecule has 6 nitrogen and oxygen atoms in total. The number of carbonyl (C=O) groups is 2. The number of rotatable bonds is 4. The van der Waals surface area contributed by atoms with Gasteiger partial charge < -0.3 is 21.1 Å². The fraction of sp³-hybridized carbons (Fsp3) is 0.500. The number of nitrogens with two attached hydrogens (primary N) is 1. The maximum absolute atomic E-state index is 12.3. The molecular formula is C16H21N3O3. The lowest BCUT2D eigenvalue weighted by molar-refractivity contribution is -0.124. The number of hydrogen-bond donors (Lipinski definition) is 3. The quantitative estimate of drug-likeness (QED) is 0.774. The van der Waals surface area contributed by atoms with Crippen molar-refractivity contribution in [2.45, 2.75) is 37.3 Å². The Labute approximate surface area is 129 Å². The van der Waals surface area contributed by atoms with E-state index in [0.29, 0.717) is 43.3 Å². The molecule has 0 aromatic heterocycles. The summed E-state index contributed by atoms with van der Waals surface area (Å²) in [6.45, 7) is 1.01. The van der Waals surface area contributed by atoms with Gasteiger partial charge in [-0.2, -0.15) is 0 Å². The van der Waals surface area contributed by atoms with Crippen LogP contribution in [0.2, 0.25) is 0 Å². The summed E-state index contributed by atoms with van der Waals surface area (Å²) < 4.78 is 5.24. The molecule has 1 aromatic rings. The molecule has 3 rings (SSSR count). The third-order valence-electron chi connectivity index (χ3n) is 4.15. The zero-order chi connectivity index (χ0) is 15.6. The van der Waals surface area contributed by atoms with Gasteiger partial charge in [-0.15, -0.1) is 0 Å². The van der Waals surface area contributed by atoms with Crippen molar-refractivity contribution in [3.63, 3.8) is 0 Å². The SMILES string of the molecule is NC1(C(=O)Nc2ccc(C(=O)NC3CC3)cc2)CCOCC1. The molecule has 0 atom stereocenters. The summed E-state index contributed by atoms with van der Waals surface area (Å²) in [6.07, 6.45) is 3.14. The normalized spacial score (nSPS) is 20.2. The molecule has 22 heavy (non-hydrogen) atoms. The Balaban J connectivity index is 1.60. The van der Waals surface area contributed by atoms with E-state index in [1.54, 1.807) is 24.3 Å². The zero-order valence-corrected chi connectivity index (χ0v) is 12.4. The molecule has 0 spiro atoms. The van der Waals surface area contributed by atoms with Crippen LogP contribution in [-0.4, -0.2) is 36.6 Å². The third-order valence-corrected chi connectivity index (χ3v) is 4.15. The molecule has 1 saturated heterocycles. The first kappa shape index (κ1) is 15.0. The van der Waals surface area contributed by atoms with Gasteiger partial charge in [0.05, 0.1) is 0 Å². The van der Waals surface area contributed by atoms with Crippen molar-refractivity contribution < 1.29 is 14.3 Å². The van der Waals surface area contributed by atoms with E-state index in [-0.39, 0.29) is 11.8 Å². The average Bonchev–Trinajstić information content (AvgIpc) is 3.32. The fourth-order valence-corrected chi connectivity index (χ4v) is 2.42. The van der Waals surface area contributed by atoms with E-state index < -0.39 is 5.54 Å². The third kappa shape index (κ3) is 3.45. The van der Waals surface area contributed by atoms with Crippen LogP contribution in [0.15, 0.2) is 24.3 Å². The molecule has 1 aromatic carbocycles. The van der Waals surface area contributed by atoms with Crippen LogP contribution in [0.1, 0.15) is 36.0 Å². The lowest BCUT2D eigenvalue weighted by Crippen LogP contribution is -2.54. The molecule has 1 aliphatic carbocycles. The van der Waals surface area contributed by atoms with Gasteiger partial charge in [0.2, 0.25) is 5.91 Å². The van der Waals surface area contributed by atoms with Gasteiger partial charge in [0, 0.05) is 30.5 Å². The lowest BCUT2D eigenvalue weighted by Gasteiger charge is -2.31. The standard InChI is InChI=1S/C16H21N3O3/c17-16(7-9-22-10-8-16)15(21)19-13-3-1-11(2-4-13)14(20)18-12-5-6-12/h1-4,12H,5-10,17H2,(H,18,20)(H,19,21). The van der Waals surface area contributed by atoms with Crippen molar-refractivity contribution in [1.29, 1.82) is 0 Å². The average molecular weight is 303 g/mol. The van der Waals surface area contributed by atoms with E-state index in [0.717, 1.165) is 12.8 Å². The van der Waals surface area contributed by atoms with Crippen LogP contribution in [0, 0.1) is 0 Å². The number of benzene rings is 1. The summed E-state index contributed by atoms with van der Waals surface area (Å²) in [4.78, 5) is 24.2. The molecule has 1 heterocycles. The molecular weight excluding hydrogens is 282 g/mol. The van der Waals surface area contributed by atoms with E-state index in [4.69, 9.17) is 10.5 Å². The number of nitrogens with one attached hydrogen (secondary N) is 2. The molecule has 118 valence electrons. The number of amides is 2. The van der Waals surface area contributed by atoms with Gasteiger partial charge in [-0.3, -0.25) is 9.59 Å². The number of anilines is 1. The van der Waals surface area contributed by atoms with E-state index in [1.165, 1.54) is 0 Å². The van der Waals surface area contributed by atoms with Crippen LogP contribution < -0.4 is 16.4 Å². The number of hydrogen-bond acceptors (Lipinski definition) is 4. The Hall–Kier alpha value is -1.92. The van der Waals surface area contributed by atoms with E-state index in [1.807, 2.05) is 0 Å². The molecule has 0 unspecified atom stereocenters. The molecule has 1 aliphatic heterocycles. The zero-order valence-electron chi connectivity index (χ0n) is 12.4. The Morgan fingerprint density at radius 1 is 1.14 bits per heavy atom. The maximum atomic E-state index is 12.3. The summed E-state index contributed by atoms with van der Waals surface area (Å²) in [5.74, 6) is -0.272. The molecule has 4 N–H and O–H groups in total. The van der Waals surface area contributed by atoms with Crippen LogP contribution in [0.25, 0.3) is 0 Å². The second-order valence-corrected chi connectivity index (χ2v) is 6.05. The van der Waals surface area contributed by atoms with Gasteiger partial charge >= 0.3 is 0 Å². The monoisotopic (exact) mass is 303 g/mol. The summed E-state index contributed by atoms with van der Waals surface area (Å²) in [5.41, 5.74) is 6.50. The predicted octanol–water partition coefficient (Wildman–Crippen LogP) is 1.03. The molecule has 0 bridgehead atoms. The maximum Gasteiger partial charge on any atom is 0.251 e. The van der Waals surface area contributed by atoms with Gasteiger partial charge in [0.25, 0.3) is 5.91 Å². The Morgan fingerprint density at radius 3 is 2.36 bits per heavy atom. The summed E-state index contributed by atoms with van der Waals surface area (Å²) in [7, 11) is 0. The largest absolute Gasteiger partial charge is 0.381 e. The molecule has 0 radical (unpaired) electrons. The summed E-state index contributed by atoms with van der Waals surface area (Å²) in [5, 5.41) is 5.75. The van der Waals surface area contributed by atoms with Gasteiger partial charge in [-0.1, -0.05) is 0 Å². The first-order chi connectivity index (χ1) is 10.6. The van der Waals surface area contributed by atoms with Crippen molar-refractivity contribution in [2.24, 2.45) is 5.73 Å². The van der Waals surface area contributed by atoms with Crippen molar-refractivity contribution in [2.75, 3.05) is 18.5 Å². The van der Waals surface area contributed by atoms with Crippen molar-refractivity contribution >= 4 is 17.5 Å². The second-order valence-electron chi connectivity index (χ2n) is 6.05. The molecule has 2 amide bonds. The van der Waals surface area contributed by atoms with E-state index in [9.17, 15) is 9.59 Å². The minimum absolute atomic E-state index is 0.0694. The predicted molar refractivity (Wildman–Crippen MR) is 82.5 cm³/mol. The Kier molecular flexibility index (Phi) is 4.13. The van der Waals surface area contributed by atoms with Gasteiger partial charge in [0.1, 0.15) is 5.54 Å². The highest BCUT2D eigenvalue weighted by Crippen LogP contribution is 2.21. The van der Waals surface area contributed by atoms with E-state index >= 15 is 0 Å². The van der Waals surface area contributed by atoms with Crippen LogP contribution >= 0.6 is 0 Å². The second kappa shape index (κ2) is 6.06. The van der Waals surface area contributed by atoms with Crippen LogP contribution in [0.4, 0.5) is 5.69 Å². The number of carbonyl (C=O) groups excluding carboxylic acids is 2. The van der Waals surface area contributed by atoms with Crippen molar-refractivity contribution in [3.8, 4) is 0 Å². The van der Waals surface area contributed by atoms with Crippen LogP contribution in [0.5, 0.6) is 0 Å². The fourth-order valence-electron chi connectivity index (χ4n) is 2.42. The van der Waals surface area contributed by atoms with E-state index in [2.05, 4.69) is 10.6 Å². The lowest BCUT2D eigenvalue weighted by atomic mass is 9.90. The smallest absolute Gasteiger partial charge is 0.251 e. The van der Waals surface area contributed by atoms with Gasteiger partial charge in [-0.05, 0) is 49.9 Å². The Bertz CT molecular complexity index is 561. The van der Waals surface area contributed by atoms with Crippen LogP contribution in [0.3, 0.4) is 0 Å². The van der Waals surface area contributed by atoms with Gasteiger partial charge in [0.15, 0.2) is 0 Å². The molecule has 6 heteroatoms. The Morgan fingerprint density at radius 2 is 1.77 bits per heavy atom. The first-order valence-corrected chi connectivity index (χ1v) is 7.66. The summed E-state index contributed by atoms with van der Waals surface area (Å²) >= 11 is 0. The van der Waals surface area contributed by atoms with Crippen molar-refractivity contribution in [1.82, 2.24) is 5.32 Å². The minimum Gasteiger partial charge on any atom is -0.381 e.